The molecule has 0 aliphatic carbocycles. The first kappa shape index (κ1) is 33.1. The lowest BCUT2D eigenvalue weighted by atomic mass is 9.78. The van der Waals surface area contributed by atoms with E-state index in [2.05, 4.69) is 10.1 Å². The third kappa shape index (κ3) is 7.82. The van der Waals surface area contributed by atoms with Gasteiger partial charge in [0.1, 0.15) is 24.0 Å². The Balaban J connectivity index is 1.65. The van der Waals surface area contributed by atoms with Crippen LogP contribution in [-0.2, 0) is 19.1 Å². The molecule has 1 aliphatic rings. The van der Waals surface area contributed by atoms with Crippen molar-refractivity contribution in [3.63, 3.8) is 0 Å². The third-order valence-corrected chi connectivity index (χ3v) is 8.57. The van der Waals surface area contributed by atoms with Crippen molar-refractivity contribution in [1.29, 1.82) is 0 Å². The number of benzene rings is 2. The fourth-order valence-corrected chi connectivity index (χ4v) is 7.06. The summed E-state index contributed by atoms with van der Waals surface area (Å²) in [5, 5.41) is 4.70. The van der Waals surface area contributed by atoms with Crippen molar-refractivity contribution in [1.82, 2.24) is 9.47 Å². The van der Waals surface area contributed by atoms with Gasteiger partial charge in [-0.3, -0.25) is 18.4 Å². The van der Waals surface area contributed by atoms with E-state index < -0.39 is 44.5 Å². The Kier molecular flexibility index (Phi) is 9.73. The first-order chi connectivity index (χ1) is 20.0. The molecule has 13 heteroatoms. The summed E-state index contributed by atoms with van der Waals surface area (Å²) in [7, 11) is -3.61. The Labute approximate surface area is 259 Å². The van der Waals surface area contributed by atoms with Gasteiger partial charge in [0, 0.05) is 47.1 Å². The van der Waals surface area contributed by atoms with E-state index in [9.17, 15) is 17.6 Å². The van der Waals surface area contributed by atoms with E-state index in [-0.39, 0.29) is 33.6 Å². The molecule has 0 bridgehead atoms. The second-order valence-electron chi connectivity index (χ2n) is 11.7. The van der Waals surface area contributed by atoms with Crippen molar-refractivity contribution >= 4 is 39.0 Å². The summed E-state index contributed by atoms with van der Waals surface area (Å²) in [4.78, 5) is 20.7. The molecule has 43 heavy (non-hydrogen) atoms. The Morgan fingerprint density at radius 3 is 2.23 bits per heavy atom. The number of halogens is 4. The van der Waals surface area contributed by atoms with E-state index in [4.69, 9.17) is 32.2 Å². The summed E-state index contributed by atoms with van der Waals surface area (Å²) < 4.78 is 58.9. The highest BCUT2D eigenvalue weighted by molar-refractivity contribution is 7.86. The van der Waals surface area contributed by atoms with Crippen molar-refractivity contribution < 1.29 is 26.2 Å². The second kappa shape index (κ2) is 12.6. The number of likely N-dealkylation sites (tertiary alicyclic amines) is 1. The lowest BCUT2D eigenvalue weighted by molar-refractivity contribution is -0.0818. The number of rotatable bonds is 9. The van der Waals surface area contributed by atoms with Crippen LogP contribution in [0, 0.1) is 11.6 Å². The third-order valence-electron chi connectivity index (χ3n) is 7.34. The number of aromatic nitrogens is 1. The average Bonchev–Trinajstić information content (AvgIpc) is 2.85. The summed E-state index contributed by atoms with van der Waals surface area (Å²) >= 11 is 12.7. The zero-order valence-electron chi connectivity index (χ0n) is 24.4. The molecule has 1 fully saturated rings. The van der Waals surface area contributed by atoms with Crippen LogP contribution in [0.15, 0.2) is 64.7 Å². The lowest BCUT2D eigenvalue weighted by Crippen LogP contribution is -2.62. The van der Waals surface area contributed by atoms with Crippen LogP contribution < -0.4 is 5.56 Å². The van der Waals surface area contributed by atoms with Crippen LogP contribution >= 0.6 is 23.2 Å². The molecular weight excluding hydrogens is 623 g/mol. The predicted molar refractivity (Wildman–Crippen MR) is 164 cm³/mol. The minimum absolute atomic E-state index is 0.0215. The smallest absolute Gasteiger partial charge is 0.264 e. The first-order valence-corrected chi connectivity index (χ1v) is 16.0. The molecule has 2 aromatic carbocycles. The largest absolute Gasteiger partial charge is 0.394 e. The molecule has 1 aliphatic heterocycles. The van der Waals surface area contributed by atoms with Gasteiger partial charge in [-0.25, -0.2) is 8.78 Å². The van der Waals surface area contributed by atoms with Crippen LogP contribution in [0.25, 0.3) is 5.69 Å². The number of pyridine rings is 1. The van der Waals surface area contributed by atoms with E-state index in [1.807, 2.05) is 27.7 Å². The number of oxime groups is 1. The minimum atomic E-state index is -3.61. The maximum absolute atomic E-state index is 15.0. The Bertz CT molecular complexity index is 1670. The maximum Gasteiger partial charge on any atom is 0.264 e. The van der Waals surface area contributed by atoms with Gasteiger partial charge in [-0.05, 0) is 70.9 Å². The molecule has 1 saturated heterocycles. The van der Waals surface area contributed by atoms with E-state index in [0.717, 1.165) is 18.4 Å². The standard InChI is InChI=1S/C30H33Cl2F2N3O5S/c1-29(2)16-21(42-43(5,39)40)17-30(3,4)37(29)13-14-41-35-27(22-11-10-20(33)15-25(22)34)19-9-12-26(38)36(18-19)28-23(31)7-6-8-24(28)32/h6-12,15,18,21H,13-14,16-17H2,1-5H3/b35-27+. The molecule has 2 heterocycles. The number of para-hydroxylation sites is 1. The molecule has 0 atom stereocenters. The van der Waals surface area contributed by atoms with Crippen LogP contribution in [-0.4, -0.2) is 60.2 Å². The van der Waals surface area contributed by atoms with Crippen molar-refractivity contribution in [3.8, 4) is 5.69 Å². The molecule has 0 radical (unpaired) electrons. The van der Waals surface area contributed by atoms with Gasteiger partial charge < -0.3 is 4.84 Å². The highest BCUT2D eigenvalue weighted by Gasteiger charge is 2.46. The Hall–Kier alpha value is -2.83. The van der Waals surface area contributed by atoms with Gasteiger partial charge in [-0.2, -0.15) is 8.42 Å². The van der Waals surface area contributed by atoms with Gasteiger partial charge in [0.05, 0.1) is 28.1 Å². The van der Waals surface area contributed by atoms with Crippen molar-refractivity contribution in [3.05, 3.63) is 97.9 Å². The van der Waals surface area contributed by atoms with Crippen LogP contribution in [0.4, 0.5) is 8.78 Å². The molecule has 0 spiro atoms. The molecule has 4 rings (SSSR count). The quantitative estimate of drug-likeness (QED) is 0.118. The molecule has 3 aromatic rings. The normalized spacial score (nSPS) is 17.7. The maximum atomic E-state index is 15.0. The van der Waals surface area contributed by atoms with E-state index >= 15 is 4.39 Å². The summed E-state index contributed by atoms with van der Waals surface area (Å²) in [6, 6.07) is 10.6. The number of hydrogen-bond acceptors (Lipinski definition) is 7. The molecule has 1 aromatic heterocycles. The van der Waals surface area contributed by atoms with E-state index in [0.29, 0.717) is 24.9 Å². The van der Waals surface area contributed by atoms with Crippen molar-refractivity contribution in [2.24, 2.45) is 5.16 Å². The van der Waals surface area contributed by atoms with Crippen molar-refractivity contribution in [2.75, 3.05) is 19.4 Å². The van der Waals surface area contributed by atoms with Crippen LogP contribution in [0.5, 0.6) is 0 Å². The summed E-state index contributed by atoms with van der Waals surface area (Å²) in [6.45, 7) is 8.49. The summed E-state index contributed by atoms with van der Waals surface area (Å²) in [5.41, 5.74) is -0.818. The average molecular weight is 657 g/mol. The first-order valence-electron chi connectivity index (χ1n) is 13.5. The van der Waals surface area contributed by atoms with E-state index in [1.54, 1.807) is 18.2 Å². The van der Waals surface area contributed by atoms with E-state index in [1.165, 1.54) is 29.0 Å². The molecule has 0 unspecified atom stereocenters. The monoisotopic (exact) mass is 655 g/mol. The molecule has 0 saturated carbocycles. The van der Waals surface area contributed by atoms with Crippen LogP contribution in [0.2, 0.25) is 10.0 Å². The summed E-state index contributed by atoms with van der Waals surface area (Å²) in [6.07, 6.45) is 2.95. The van der Waals surface area contributed by atoms with Crippen LogP contribution in [0.3, 0.4) is 0 Å². The van der Waals surface area contributed by atoms with Crippen LogP contribution in [0.1, 0.15) is 51.7 Å². The zero-order valence-corrected chi connectivity index (χ0v) is 26.7. The zero-order chi connectivity index (χ0) is 31.7. The summed E-state index contributed by atoms with van der Waals surface area (Å²) in [5.74, 6) is -1.63. The SMILES string of the molecule is CC1(C)CC(OS(C)(=O)=O)CC(C)(C)N1CCO/N=C(\c1ccc(=O)n(-c2c(Cl)cccc2Cl)c1)c1ccc(F)cc1F. The highest BCUT2D eigenvalue weighted by Crippen LogP contribution is 2.39. The molecule has 8 nitrogen and oxygen atoms in total. The number of piperidine rings is 1. The van der Waals surface area contributed by atoms with Crippen molar-refractivity contribution in [2.45, 2.75) is 57.7 Å². The van der Waals surface area contributed by atoms with Gasteiger partial charge in [-0.1, -0.05) is 34.4 Å². The van der Waals surface area contributed by atoms with Gasteiger partial charge in [0.2, 0.25) is 0 Å². The van der Waals surface area contributed by atoms with Gasteiger partial charge >= 0.3 is 0 Å². The Morgan fingerprint density at radius 1 is 1.02 bits per heavy atom. The predicted octanol–water partition coefficient (Wildman–Crippen LogP) is 6.19. The molecule has 232 valence electrons. The van der Waals surface area contributed by atoms with Gasteiger partial charge in [0.15, 0.2) is 0 Å². The topological polar surface area (TPSA) is 90.2 Å². The highest BCUT2D eigenvalue weighted by atomic mass is 35.5. The lowest BCUT2D eigenvalue weighted by Gasteiger charge is -2.54. The fraction of sp³-hybridized carbons (Fsp3) is 0.400. The van der Waals surface area contributed by atoms with Gasteiger partial charge in [-0.15, -0.1) is 0 Å². The molecular formula is C30H33Cl2F2N3O5S. The molecule has 0 amide bonds. The fourth-order valence-electron chi connectivity index (χ4n) is 5.85. The second-order valence-corrected chi connectivity index (χ2v) is 14.1. The Morgan fingerprint density at radius 2 is 1.65 bits per heavy atom. The number of nitrogens with zero attached hydrogens (tertiary/aromatic N) is 3. The van der Waals surface area contributed by atoms with Gasteiger partial charge in [0.25, 0.3) is 15.7 Å². The minimum Gasteiger partial charge on any atom is -0.394 e. The molecule has 0 N–H and O–H groups in total. The number of hydrogen-bond donors (Lipinski definition) is 0.